The van der Waals surface area contributed by atoms with Gasteiger partial charge in [-0.05, 0) is 157 Å². The summed E-state index contributed by atoms with van der Waals surface area (Å²) in [7, 11) is -0.314. The average Bonchev–Trinajstić information content (AvgIpc) is 3.42. The first-order valence-electron chi connectivity index (χ1n) is 20.1. The van der Waals surface area contributed by atoms with Crippen molar-refractivity contribution in [3.8, 4) is 0 Å². The highest BCUT2D eigenvalue weighted by Crippen LogP contribution is 2.76. The number of esters is 1. The van der Waals surface area contributed by atoms with Crippen LogP contribution in [0.25, 0.3) is 5.57 Å². The first kappa shape index (κ1) is 38.0. The number of allylic oxidation sites excluding steroid dienone is 3. The standard InChI is InChI=1S/C45H71NO3Si/c1-30(2)33-20-25-45(46-28-29-49-50(12,13)40(3,4)5)27-26-43(9)35(38(33)45)18-19-37-42(8)23-21-34(31-14-16-32(17-15-31)39(47)48-11)41(6,7)36(42)22-24-44(37,43)10/h14-17,21,33,35-38,46H,1,18-20,22-29H2,2-13H3. The first-order chi connectivity index (χ1) is 23.2. The largest absolute Gasteiger partial charge is 0.465 e. The molecule has 278 valence electrons. The fraction of sp³-hybridized carbons (Fsp3) is 0.756. The van der Waals surface area contributed by atoms with Crippen molar-refractivity contribution >= 4 is 19.9 Å². The molecule has 4 saturated carbocycles. The van der Waals surface area contributed by atoms with Gasteiger partial charge in [-0.15, -0.1) is 0 Å². The third-order valence-corrected chi connectivity index (χ3v) is 21.6. The Kier molecular flexibility index (Phi) is 9.68. The Morgan fingerprint density at radius 1 is 0.920 bits per heavy atom. The molecule has 0 radical (unpaired) electrons. The summed E-state index contributed by atoms with van der Waals surface area (Å²) in [4.78, 5) is 12.2. The normalized spacial score (nSPS) is 39.4. The lowest BCUT2D eigenvalue weighted by atomic mass is 9.33. The van der Waals surface area contributed by atoms with E-state index in [0.717, 1.165) is 31.4 Å². The Morgan fingerprint density at radius 2 is 1.60 bits per heavy atom. The van der Waals surface area contributed by atoms with E-state index in [1.54, 1.807) is 0 Å². The second-order valence-corrected chi connectivity index (χ2v) is 25.3. The minimum Gasteiger partial charge on any atom is -0.465 e. The SMILES string of the molecule is C=C(C)C1CCC2(NCCO[Si](C)(C)C(C)(C)C)CCC3(C)C(CCC4C5(C)CC=C(c6ccc(C(=O)OC)cc6)C(C)(C)C5CCC43C)C12. The molecule has 0 amide bonds. The number of fused-ring (bicyclic) bond motifs is 7. The Balaban J connectivity index is 1.27. The molecule has 0 aliphatic heterocycles. The van der Waals surface area contributed by atoms with Crippen LogP contribution in [0.1, 0.15) is 136 Å². The van der Waals surface area contributed by atoms with Gasteiger partial charge in [0.05, 0.1) is 12.7 Å². The zero-order valence-corrected chi connectivity index (χ0v) is 35.0. The lowest BCUT2D eigenvalue weighted by Crippen LogP contribution is -2.68. The zero-order chi connectivity index (χ0) is 36.7. The number of benzene rings is 1. The molecule has 9 atom stereocenters. The van der Waals surface area contributed by atoms with Crippen LogP contribution in [0.3, 0.4) is 0 Å². The molecule has 0 spiro atoms. The van der Waals surface area contributed by atoms with Crippen molar-refractivity contribution in [2.24, 2.45) is 51.2 Å². The van der Waals surface area contributed by atoms with Gasteiger partial charge in [0.2, 0.25) is 0 Å². The van der Waals surface area contributed by atoms with E-state index < -0.39 is 8.32 Å². The van der Waals surface area contributed by atoms with E-state index in [0.29, 0.717) is 34.1 Å². The molecule has 0 heterocycles. The van der Waals surface area contributed by atoms with E-state index >= 15 is 0 Å². The summed E-state index contributed by atoms with van der Waals surface area (Å²) in [6.07, 6.45) is 14.2. The van der Waals surface area contributed by atoms with Crippen molar-refractivity contribution in [2.45, 2.75) is 144 Å². The van der Waals surface area contributed by atoms with Crippen LogP contribution in [0.5, 0.6) is 0 Å². The first-order valence-corrected chi connectivity index (χ1v) is 23.0. The van der Waals surface area contributed by atoms with Crippen molar-refractivity contribution in [3.63, 3.8) is 0 Å². The molecule has 50 heavy (non-hydrogen) atoms. The Bertz CT molecular complexity index is 1500. The molecular weight excluding hydrogens is 631 g/mol. The monoisotopic (exact) mass is 702 g/mol. The summed E-state index contributed by atoms with van der Waals surface area (Å²) in [5.74, 6) is 3.09. The van der Waals surface area contributed by atoms with Crippen molar-refractivity contribution < 1.29 is 14.0 Å². The highest BCUT2D eigenvalue weighted by molar-refractivity contribution is 6.74. The van der Waals surface area contributed by atoms with Crippen molar-refractivity contribution in [1.29, 1.82) is 0 Å². The van der Waals surface area contributed by atoms with Gasteiger partial charge in [0.25, 0.3) is 0 Å². The quantitative estimate of drug-likeness (QED) is 0.127. The summed E-state index contributed by atoms with van der Waals surface area (Å²) in [5.41, 5.74) is 5.95. The van der Waals surface area contributed by atoms with Crippen molar-refractivity contribution in [2.75, 3.05) is 20.3 Å². The third-order valence-electron chi connectivity index (χ3n) is 17.1. The van der Waals surface area contributed by atoms with E-state index in [2.05, 4.69) is 106 Å². The maximum atomic E-state index is 12.2. The molecule has 4 nitrogen and oxygen atoms in total. The van der Waals surface area contributed by atoms with Gasteiger partial charge in [-0.2, -0.15) is 0 Å². The van der Waals surface area contributed by atoms with Gasteiger partial charge in [0, 0.05) is 18.7 Å². The number of rotatable bonds is 8. The molecule has 1 aromatic carbocycles. The second kappa shape index (κ2) is 12.7. The van der Waals surface area contributed by atoms with Crippen LogP contribution >= 0.6 is 0 Å². The Labute approximate surface area is 307 Å². The van der Waals surface area contributed by atoms with Crippen LogP contribution in [0.15, 0.2) is 42.5 Å². The molecule has 9 unspecified atom stereocenters. The third kappa shape index (κ3) is 5.69. The van der Waals surface area contributed by atoms with Crippen LogP contribution in [-0.2, 0) is 9.16 Å². The van der Waals surface area contributed by atoms with Crippen LogP contribution in [0.4, 0.5) is 0 Å². The molecule has 0 bridgehead atoms. The van der Waals surface area contributed by atoms with Crippen LogP contribution in [-0.4, -0.2) is 40.1 Å². The maximum Gasteiger partial charge on any atom is 0.337 e. The highest BCUT2D eigenvalue weighted by atomic mass is 28.4. The highest BCUT2D eigenvalue weighted by Gasteiger charge is 2.70. The summed E-state index contributed by atoms with van der Waals surface area (Å²) in [6, 6.07) is 8.16. The lowest BCUT2D eigenvalue weighted by molar-refractivity contribution is -0.219. The molecule has 0 saturated heterocycles. The van der Waals surface area contributed by atoms with Gasteiger partial charge in [-0.25, -0.2) is 4.79 Å². The maximum absolute atomic E-state index is 12.2. The predicted molar refractivity (Wildman–Crippen MR) is 212 cm³/mol. The molecular formula is C45H71NO3Si. The molecule has 5 aliphatic rings. The Morgan fingerprint density at radius 3 is 2.22 bits per heavy atom. The number of hydrogen-bond acceptors (Lipinski definition) is 4. The lowest BCUT2D eigenvalue weighted by Gasteiger charge is -2.72. The Hall–Kier alpha value is -1.69. The molecule has 5 aliphatic carbocycles. The smallest absolute Gasteiger partial charge is 0.337 e. The van der Waals surface area contributed by atoms with E-state index in [9.17, 15) is 4.79 Å². The fourth-order valence-electron chi connectivity index (χ4n) is 13.3. The van der Waals surface area contributed by atoms with Gasteiger partial charge in [0.1, 0.15) is 0 Å². The van der Waals surface area contributed by atoms with Crippen LogP contribution in [0.2, 0.25) is 18.1 Å². The van der Waals surface area contributed by atoms with Crippen LogP contribution in [0, 0.1) is 51.2 Å². The van der Waals surface area contributed by atoms with Gasteiger partial charge in [-0.3, -0.25) is 0 Å². The van der Waals surface area contributed by atoms with Gasteiger partial charge in [-0.1, -0.05) is 85.8 Å². The molecule has 1 N–H and O–H groups in total. The zero-order valence-electron chi connectivity index (χ0n) is 34.0. The fourth-order valence-corrected chi connectivity index (χ4v) is 14.3. The summed E-state index contributed by atoms with van der Waals surface area (Å²) in [5, 5.41) is 4.50. The number of carbonyl (C=O) groups excluding carboxylic acids is 1. The van der Waals surface area contributed by atoms with E-state index in [1.165, 1.54) is 75.2 Å². The van der Waals surface area contributed by atoms with Crippen molar-refractivity contribution in [1.82, 2.24) is 5.32 Å². The minimum absolute atomic E-state index is 0.0630. The van der Waals surface area contributed by atoms with Gasteiger partial charge >= 0.3 is 5.97 Å². The molecule has 6 rings (SSSR count). The molecule has 5 heteroatoms. The average molecular weight is 702 g/mol. The van der Waals surface area contributed by atoms with Gasteiger partial charge < -0.3 is 14.5 Å². The molecule has 1 aromatic rings. The topological polar surface area (TPSA) is 47.6 Å². The van der Waals surface area contributed by atoms with Crippen molar-refractivity contribution in [3.05, 3.63) is 53.6 Å². The molecule has 0 aromatic heterocycles. The predicted octanol–water partition coefficient (Wildman–Crippen LogP) is 11.5. The number of nitrogens with one attached hydrogen (secondary N) is 1. The number of carbonyl (C=O) groups is 1. The van der Waals surface area contributed by atoms with E-state index in [-0.39, 0.29) is 27.4 Å². The summed E-state index contributed by atoms with van der Waals surface area (Å²) in [6.45, 7) is 33.8. The van der Waals surface area contributed by atoms with E-state index in [1.807, 2.05) is 12.1 Å². The number of ether oxygens (including phenoxy) is 1. The minimum atomic E-state index is -1.77. The molecule has 4 fully saturated rings. The summed E-state index contributed by atoms with van der Waals surface area (Å²) >= 11 is 0. The van der Waals surface area contributed by atoms with E-state index in [4.69, 9.17) is 9.16 Å². The van der Waals surface area contributed by atoms with Gasteiger partial charge in [0.15, 0.2) is 8.32 Å². The van der Waals surface area contributed by atoms with Crippen LogP contribution < -0.4 is 5.32 Å². The second-order valence-electron chi connectivity index (χ2n) is 20.5. The summed E-state index contributed by atoms with van der Waals surface area (Å²) < 4.78 is 11.7. The number of methoxy groups -OCH3 is 1. The number of hydrogen-bond donors (Lipinski definition) is 1.